The molecular formula is C9H12O4S. The minimum absolute atomic E-state index is 0.483. The number of carboxylic acids is 1. The van der Waals surface area contributed by atoms with Crippen LogP contribution in [0.25, 0.3) is 0 Å². The Labute approximate surface area is 85.4 Å². The molecule has 78 valence electrons. The average Bonchev–Trinajstić information content (AvgIpc) is 2.63. The third-order valence-electron chi connectivity index (χ3n) is 1.87. The van der Waals surface area contributed by atoms with Crippen LogP contribution in [0, 0.1) is 0 Å². The standard InChI is InChI=1S/C9H12O4S/c1-2-5-3-4-6(14-5)7(10)8(11)9(12)13/h3-4,7-8,10-11H,2H2,1H3,(H,12,13). The van der Waals surface area contributed by atoms with Gasteiger partial charge in [0.05, 0.1) is 0 Å². The van der Waals surface area contributed by atoms with Crippen molar-refractivity contribution < 1.29 is 20.1 Å². The summed E-state index contributed by atoms with van der Waals surface area (Å²) in [6.07, 6.45) is -2.25. The summed E-state index contributed by atoms with van der Waals surface area (Å²) < 4.78 is 0. The number of thiophene rings is 1. The van der Waals surface area contributed by atoms with Crippen LogP contribution in [0.4, 0.5) is 0 Å². The highest BCUT2D eigenvalue weighted by Crippen LogP contribution is 2.25. The molecule has 0 fully saturated rings. The number of hydrogen-bond donors (Lipinski definition) is 3. The van der Waals surface area contributed by atoms with Gasteiger partial charge < -0.3 is 15.3 Å². The number of rotatable bonds is 4. The van der Waals surface area contributed by atoms with Gasteiger partial charge in [-0.15, -0.1) is 11.3 Å². The van der Waals surface area contributed by atoms with Gasteiger partial charge in [-0.1, -0.05) is 6.92 Å². The lowest BCUT2D eigenvalue weighted by molar-refractivity contribution is -0.152. The Morgan fingerprint density at radius 2 is 2.14 bits per heavy atom. The van der Waals surface area contributed by atoms with Crippen LogP contribution in [0.2, 0.25) is 0 Å². The van der Waals surface area contributed by atoms with Crippen LogP contribution < -0.4 is 0 Å². The van der Waals surface area contributed by atoms with Gasteiger partial charge in [0, 0.05) is 9.75 Å². The van der Waals surface area contributed by atoms with Crippen LogP contribution in [-0.2, 0) is 11.2 Å². The summed E-state index contributed by atoms with van der Waals surface area (Å²) in [5, 5.41) is 27.0. The van der Waals surface area contributed by atoms with E-state index in [0.29, 0.717) is 4.88 Å². The maximum Gasteiger partial charge on any atom is 0.335 e. The van der Waals surface area contributed by atoms with Gasteiger partial charge in [0.2, 0.25) is 0 Å². The van der Waals surface area contributed by atoms with Crippen LogP contribution >= 0.6 is 11.3 Å². The van der Waals surface area contributed by atoms with Crippen molar-refractivity contribution in [2.24, 2.45) is 0 Å². The van der Waals surface area contributed by atoms with Crippen LogP contribution in [-0.4, -0.2) is 27.4 Å². The number of aliphatic hydroxyl groups excluding tert-OH is 2. The SMILES string of the molecule is CCc1ccc(C(O)C(O)C(=O)O)s1. The highest BCUT2D eigenvalue weighted by atomic mass is 32.1. The molecule has 2 atom stereocenters. The Morgan fingerprint density at radius 3 is 2.57 bits per heavy atom. The maximum absolute atomic E-state index is 10.4. The van der Waals surface area contributed by atoms with Gasteiger partial charge in [-0.2, -0.15) is 0 Å². The molecule has 0 saturated carbocycles. The predicted molar refractivity (Wildman–Crippen MR) is 52.3 cm³/mol. The van der Waals surface area contributed by atoms with E-state index in [0.717, 1.165) is 11.3 Å². The molecule has 1 aromatic rings. The fourth-order valence-corrected chi connectivity index (χ4v) is 2.00. The molecule has 1 rings (SSSR count). The molecule has 0 aliphatic carbocycles. The van der Waals surface area contributed by atoms with Crippen molar-refractivity contribution >= 4 is 17.3 Å². The Hall–Kier alpha value is -0.910. The zero-order valence-electron chi connectivity index (χ0n) is 7.67. The van der Waals surface area contributed by atoms with Crippen molar-refractivity contribution in [2.45, 2.75) is 25.6 Å². The van der Waals surface area contributed by atoms with Crippen LogP contribution in [0.5, 0.6) is 0 Å². The van der Waals surface area contributed by atoms with E-state index in [4.69, 9.17) is 10.2 Å². The molecule has 0 bridgehead atoms. The zero-order chi connectivity index (χ0) is 10.7. The van der Waals surface area contributed by atoms with Crippen molar-refractivity contribution in [3.63, 3.8) is 0 Å². The monoisotopic (exact) mass is 216 g/mol. The molecule has 0 radical (unpaired) electrons. The average molecular weight is 216 g/mol. The van der Waals surface area contributed by atoms with Gasteiger partial charge in [-0.05, 0) is 18.6 Å². The van der Waals surface area contributed by atoms with E-state index in [9.17, 15) is 9.90 Å². The molecule has 0 amide bonds. The molecular weight excluding hydrogens is 204 g/mol. The fourth-order valence-electron chi connectivity index (χ4n) is 1.03. The topological polar surface area (TPSA) is 77.8 Å². The normalized spacial score (nSPS) is 15.1. The highest BCUT2D eigenvalue weighted by molar-refractivity contribution is 7.12. The Balaban J connectivity index is 2.78. The summed E-state index contributed by atoms with van der Waals surface area (Å²) in [5.74, 6) is -1.41. The number of carboxylic acid groups (broad SMARTS) is 1. The van der Waals surface area contributed by atoms with Gasteiger partial charge in [0.1, 0.15) is 6.10 Å². The zero-order valence-corrected chi connectivity index (χ0v) is 8.49. The number of aliphatic carboxylic acids is 1. The summed E-state index contributed by atoms with van der Waals surface area (Å²) in [5.41, 5.74) is 0. The molecule has 0 aliphatic heterocycles. The van der Waals surface area contributed by atoms with Gasteiger partial charge >= 0.3 is 5.97 Å². The molecule has 5 heteroatoms. The fraction of sp³-hybridized carbons (Fsp3) is 0.444. The van der Waals surface area contributed by atoms with E-state index in [-0.39, 0.29) is 0 Å². The lowest BCUT2D eigenvalue weighted by Crippen LogP contribution is -2.26. The van der Waals surface area contributed by atoms with Crippen molar-refractivity contribution in [1.29, 1.82) is 0 Å². The quantitative estimate of drug-likeness (QED) is 0.695. The summed E-state index contributed by atoms with van der Waals surface area (Å²) in [7, 11) is 0. The lowest BCUT2D eigenvalue weighted by Gasteiger charge is -2.11. The van der Waals surface area contributed by atoms with E-state index < -0.39 is 18.2 Å². The molecule has 1 aromatic heterocycles. The predicted octanol–water partition coefficient (Wildman–Crippen LogP) is 0.789. The molecule has 14 heavy (non-hydrogen) atoms. The van der Waals surface area contributed by atoms with Gasteiger partial charge in [-0.3, -0.25) is 0 Å². The van der Waals surface area contributed by atoms with E-state index in [1.807, 2.05) is 13.0 Å². The van der Waals surface area contributed by atoms with Crippen LogP contribution in [0.15, 0.2) is 12.1 Å². The Kier molecular flexibility index (Phi) is 3.62. The van der Waals surface area contributed by atoms with Gasteiger partial charge in [-0.25, -0.2) is 4.79 Å². The second kappa shape index (κ2) is 4.54. The van der Waals surface area contributed by atoms with Gasteiger partial charge in [0.15, 0.2) is 6.10 Å². The van der Waals surface area contributed by atoms with Gasteiger partial charge in [0.25, 0.3) is 0 Å². The maximum atomic E-state index is 10.4. The minimum atomic E-state index is -1.75. The molecule has 0 aromatic carbocycles. The van der Waals surface area contributed by atoms with Crippen molar-refractivity contribution in [3.8, 4) is 0 Å². The van der Waals surface area contributed by atoms with Crippen LogP contribution in [0.3, 0.4) is 0 Å². The smallest absolute Gasteiger partial charge is 0.335 e. The number of aryl methyl sites for hydroxylation is 1. The van der Waals surface area contributed by atoms with Crippen molar-refractivity contribution in [3.05, 3.63) is 21.9 Å². The number of carbonyl (C=O) groups is 1. The molecule has 4 nitrogen and oxygen atoms in total. The molecule has 3 N–H and O–H groups in total. The summed E-state index contributed by atoms with van der Waals surface area (Å²) >= 11 is 1.31. The molecule has 2 unspecified atom stereocenters. The van der Waals surface area contributed by atoms with E-state index in [2.05, 4.69) is 0 Å². The first kappa shape index (κ1) is 11.2. The Bertz CT molecular complexity index is 320. The minimum Gasteiger partial charge on any atom is -0.479 e. The highest BCUT2D eigenvalue weighted by Gasteiger charge is 2.26. The first-order valence-corrected chi connectivity index (χ1v) is 5.05. The van der Waals surface area contributed by atoms with E-state index >= 15 is 0 Å². The third kappa shape index (κ3) is 2.31. The molecule has 0 aliphatic rings. The summed E-state index contributed by atoms with van der Waals surface area (Å²) in [6.45, 7) is 1.97. The molecule has 0 spiro atoms. The lowest BCUT2D eigenvalue weighted by atomic mass is 10.2. The van der Waals surface area contributed by atoms with Crippen molar-refractivity contribution in [2.75, 3.05) is 0 Å². The number of aliphatic hydroxyl groups is 2. The molecule has 0 saturated heterocycles. The first-order valence-electron chi connectivity index (χ1n) is 4.23. The number of hydrogen-bond acceptors (Lipinski definition) is 4. The second-order valence-electron chi connectivity index (χ2n) is 2.89. The van der Waals surface area contributed by atoms with E-state index in [1.54, 1.807) is 6.07 Å². The first-order chi connectivity index (χ1) is 6.56. The van der Waals surface area contributed by atoms with E-state index in [1.165, 1.54) is 11.3 Å². The summed E-state index contributed by atoms with van der Waals surface area (Å²) in [6, 6.07) is 3.46. The van der Waals surface area contributed by atoms with Crippen molar-refractivity contribution in [1.82, 2.24) is 0 Å². The largest absolute Gasteiger partial charge is 0.479 e. The Morgan fingerprint density at radius 1 is 1.50 bits per heavy atom. The second-order valence-corrected chi connectivity index (χ2v) is 4.09. The molecule has 1 heterocycles. The summed E-state index contributed by atoms with van der Waals surface area (Å²) in [4.78, 5) is 11.9. The van der Waals surface area contributed by atoms with Crippen LogP contribution in [0.1, 0.15) is 22.8 Å². The third-order valence-corrected chi connectivity index (χ3v) is 3.17.